The molecule has 1 aromatic carbocycles. The first-order chi connectivity index (χ1) is 27.8. The third-order valence-electron chi connectivity index (χ3n) is 11.3. The van der Waals surface area contributed by atoms with Gasteiger partial charge in [-0.15, -0.1) is 0 Å². The number of alkyl carbamates (subject to hydrolysis) is 1. The van der Waals surface area contributed by atoms with Crippen molar-refractivity contribution in [3.63, 3.8) is 0 Å². The summed E-state index contributed by atoms with van der Waals surface area (Å²) in [5.41, 5.74) is -0.681. The summed E-state index contributed by atoms with van der Waals surface area (Å²) in [4.78, 5) is 68.4. The molecule has 0 aromatic heterocycles. The van der Waals surface area contributed by atoms with Crippen molar-refractivity contribution in [2.24, 2.45) is 5.92 Å². The van der Waals surface area contributed by atoms with Gasteiger partial charge in [-0.05, 0) is 50.8 Å². The number of ether oxygens (including phenoxy) is 4. The van der Waals surface area contributed by atoms with Crippen molar-refractivity contribution >= 4 is 68.7 Å². The zero-order chi connectivity index (χ0) is 43.8. The molecule has 2 saturated heterocycles. The van der Waals surface area contributed by atoms with Crippen molar-refractivity contribution in [2.45, 2.75) is 127 Å². The Kier molecular flexibility index (Phi) is 17.2. The number of carbonyl (C=O) groups excluding carboxylic acids is 5. The second-order valence-corrected chi connectivity index (χ2v) is 19.0. The second kappa shape index (κ2) is 21.0. The Morgan fingerprint density at radius 2 is 1.93 bits per heavy atom. The van der Waals surface area contributed by atoms with E-state index >= 15 is 0 Å². The fourth-order valence-electron chi connectivity index (χ4n) is 7.26. The number of allylic oxidation sites excluding steroid dienone is 3. The number of amides is 4. The van der Waals surface area contributed by atoms with Crippen LogP contribution in [-0.4, -0.2) is 126 Å². The number of nitrogens with zero attached hydrogens (tertiary/aromatic N) is 2. The number of nitrogens with one attached hydrogen (secondary N) is 2. The van der Waals surface area contributed by atoms with E-state index in [2.05, 4.69) is 10.6 Å². The molecule has 18 heteroatoms. The molecule has 0 saturated carbocycles. The highest BCUT2D eigenvalue weighted by Gasteiger charge is 2.64. The third kappa shape index (κ3) is 12.2. The van der Waals surface area contributed by atoms with Crippen LogP contribution in [0.2, 0.25) is 5.02 Å². The van der Waals surface area contributed by atoms with Crippen molar-refractivity contribution in [3.8, 4) is 0 Å². The fraction of sp³-hybridized carbons (Fsp3) is 0.634. The van der Waals surface area contributed by atoms with Crippen LogP contribution < -0.4 is 15.5 Å². The predicted molar refractivity (Wildman–Crippen MR) is 228 cm³/mol. The van der Waals surface area contributed by atoms with Gasteiger partial charge < -0.3 is 44.3 Å². The molecule has 0 aliphatic carbocycles. The molecular weight excluding hydrogens is 824 g/mol. The summed E-state index contributed by atoms with van der Waals surface area (Å²) < 4.78 is 23.7. The Labute approximate surface area is 359 Å². The molecule has 0 radical (unpaired) electrons. The average molecular weight is 884 g/mol. The number of aliphatic hydroxyl groups excluding tert-OH is 1. The van der Waals surface area contributed by atoms with Crippen LogP contribution in [0.25, 0.3) is 0 Å². The molecule has 4 rings (SSSR count). The van der Waals surface area contributed by atoms with E-state index in [1.54, 1.807) is 69.9 Å². The molecule has 2 fully saturated rings. The number of hydrogen-bond acceptors (Lipinski definition) is 13. The van der Waals surface area contributed by atoms with E-state index in [1.807, 2.05) is 19.9 Å². The molecule has 9 atom stereocenters. The molecule has 1 aromatic rings. The van der Waals surface area contributed by atoms with Gasteiger partial charge in [-0.1, -0.05) is 76.9 Å². The molecule has 0 spiro atoms. The van der Waals surface area contributed by atoms with E-state index < -0.39 is 65.7 Å². The van der Waals surface area contributed by atoms with E-state index in [9.17, 15) is 34.2 Å². The number of fused-ring (bicyclic) bond motifs is 5. The summed E-state index contributed by atoms with van der Waals surface area (Å²) in [5, 5.41) is 27.5. The van der Waals surface area contributed by atoms with Gasteiger partial charge in [-0.25, -0.2) is 9.59 Å². The number of aliphatic hydroxyl groups is 2. The zero-order valence-electron chi connectivity index (χ0n) is 35.2. The Bertz CT molecular complexity index is 1780. The van der Waals surface area contributed by atoms with E-state index in [0.29, 0.717) is 36.3 Å². The molecule has 3 aliphatic rings. The molecule has 59 heavy (non-hydrogen) atoms. The van der Waals surface area contributed by atoms with Gasteiger partial charge in [0.25, 0.3) is 0 Å². The van der Waals surface area contributed by atoms with Gasteiger partial charge in [0.05, 0.1) is 29.8 Å². The van der Waals surface area contributed by atoms with Crippen LogP contribution in [0.4, 0.5) is 10.5 Å². The number of esters is 1. The van der Waals surface area contributed by atoms with Gasteiger partial charge >= 0.3 is 12.1 Å². The standard InChI is InChI=1S/C41H59ClN4O11S2/c1-23-11-10-12-31(54-9)41(53)21-30(55-39(52)44-41)25(3)37-40(5,57-37)32(20-35(50)46(8)29-19-27(17-23)18-28(22-47)36(29)42)56-38(51)26(4)45(7)34(49)15-16-58-59-24(2)13-14-33(48)43-6/h10-12,18-19,24-26,30-32,37,47,53H,13-17,20-22H2,1-9H3,(H,43,48)(H,44,52)/b12-10+,23-11+/t24?,25-,26+,30+,31-,32+,37+,40+,41+/m1/s1. The highest BCUT2D eigenvalue weighted by molar-refractivity contribution is 8.76. The number of epoxide rings is 1. The lowest BCUT2D eigenvalue weighted by atomic mass is 9.83. The largest absolute Gasteiger partial charge is 0.457 e. The van der Waals surface area contributed by atoms with Crippen molar-refractivity contribution in [1.82, 2.24) is 15.5 Å². The number of likely N-dealkylation sites (N-methyl/N-ethyl adjacent to an activating group) is 1. The van der Waals surface area contributed by atoms with Gasteiger partial charge in [-0.2, -0.15) is 0 Å². The molecule has 4 N–H and O–H groups in total. The minimum absolute atomic E-state index is 0.0230. The molecular formula is C41H59ClN4O11S2. The first-order valence-electron chi connectivity index (χ1n) is 19.7. The quantitative estimate of drug-likeness (QED) is 0.0924. The highest BCUT2D eigenvalue weighted by atomic mass is 35.5. The van der Waals surface area contributed by atoms with Gasteiger partial charge in [0, 0.05) is 64.4 Å². The maximum atomic E-state index is 14.2. The molecule has 4 amide bonds. The predicted octanol–water partition coefficient (Wildman–Crippen LogP) is 4.68. The summed E-state index contributed by atoms with van der Waals surface area (Å²) in [6, 6.07) is 2.50. The number of methoxy groups -OCH3 is 1. The van der Waals surface area contributed by atoms with Crippen LogP contribution in [0.1, 0.15) is 77.8 Å². The molecule has 3 heterocycles. The molecule has 328 valence electrons. The summed E-state index contributed by atoms with van der Waals surface area (Å²) >= 11 is 6.75. The normalized spacial score (nSPS) is 29.7. The zero-order valence-corrected chi connectivity index (χ0v) is 37.6. The van der Waals surface area contributed by atoms with E-state index in [-0.39, 0.29) is 48.0 Å². The Morgan fingerprint density at radius 1 is 1.22 bits per heavy atom. The van der Waals surface area contributed by atoms with Crippen LogP contribution >= 0.6 is 33.2 Å². The highest BCUT2D eigenvalue weighted by Crippen LogP contribution is 2.49. The van der Waals surface area contributed by atoms with Crippen LogP contribution in [0.15, 0.2) is 35.9 Å². The van der Waals surface area contributed by atoms with Crippen LogP contribution in [0.3, 0.4) is 0 Å². The summed E-state index contributed by atoms with van der Waals surface area (Å²) in [7, 11) is 9.20. The van der Waals surface area contributed by atoms with E-state index in [4.69, 9.17) is 30.5 Å². The summed E-state index contributed by atoms with van der Waals surface area (Å²) in [6.45, 7) is 8.58. The second-order valence-electron chi connectivity index (χ2n) is 15.7. The summed E-state index contributed by atoms with van der Waals surface area (Å²) in [6.07, 6.45) is 1.92. The van der Waals surface area contributed by atoms with E-state index in [0.717, 1.165) is 11.1 Å². The maximum absolute atomic E-state index is 14.2. The number of rotatable bonds is 13. The van der Waals surface area contributed by atoms with Gasteiger partial charge in [0.15, 0.2) is 5.72 Å². The number of benzene rings is 1. The molecule has 15 nitrogen and oxygen atoms in total. The monoisotopic (exact) mass is 882 g/mol. The number of carbonyl (C=O) groups is 5. The molecule has 3 aliphatic heterocycles. The Morgan fingerprint density at radius 3 is 2.59 bits per heavy atom. The third-order valence-corrected chi connectivity index (χ3v) is 14.7. The molecule has 1 unspecified atom stereocenters. The van der Waals surface area contributed by atoms with Gasteiger partial charge in [-0.3, -0.25) is 19.7 Å². The topological polar surface area (TPSA) is 197 Å². The summed E-state index contributed by atoms with van der Waals surface area (Å²) in [5.74, 6) is -1.59. The number of halogens is 1. The number of anilines is 1. The SMILES string of the molecule is CNC(=O)CCC(C)SSCCC(=O)N(C)[C@@H](C)C(=O)O[C@H]1CC(=O)N(C)c2cc(cc(CO)c2Cl)C/C(C)=C/C=C/[C@@H](OC)[C@@]2(O)C[C@H](OC(=O)N2)[C@@H](C)[C@@H]2O[C@@]12C. The van der Waals surface area contributed by atoms with Crippen LogP contribution in [-0.2, 0) is 51.2 Å². The van der Waals surface area contributed by atoms with Crippen molar-refractivity contribution in [3.05, 3.63) is 52.1 Å². The Balaban J connectivity index is 1.61. The van der Waals surface area contributed by atoms with Gasteiger partial charge in [0.1, 0.15) is 30.0 Å². The van der Waals surface area contributed by atoms with Crippen molar-refractivity contribution in [2.75, 3.05) is 38.9 Å². The number of hydrogen-bond donors (Lipinski definition) is 4. The van der Waals surface area contributed by atoms with Gasteiger partial charge in [0.2, 0.25) is 17.7 Å². The first-order valence-corrected chi connectivity index (χ1v) is 22.4. The van der Waals surface area contributed by atoms with E-state index in [1.165, 1.54) is 34.8 Å². The van der Waals surface area contributed by atoms with Crippen molar-refractivity contribution in [1.29, 1.82) is 0 Å². The Hall–Kier alpha value is -3.32. The smallest absolute Gasteiger partial charge is 0.409 e. The minimum Gasteiger partial charge on any atom is -0.457 e. The lowest BCUT2D eigenvalue weighted by molar-refractivity contribution is -0.162. The van der Waals surface area contributed by atoms with Crippen LogP contribution in [0, 0.1) is 5.92 Å². The van der Waals surface area contributed by atoms with Crippen molar-refractivity contribution < 1.29 is 53.1 Å². The lowest BCUT2D eigenvalue weighted by Crippen LogP contribution is -2.63. The average Bonchev–Trinajstić information content (AvgIpc) is 3.90. The lowest BCUT2D eigenvalue weighted by Gasteiger charge is -2.42. The minimum atomic E-state index is -1.85. The maximum Gasteiger partial charge on any atom is 0.409 e. The van der Waals surface area contributed by atoms with Crippen LogP contribution in [0.5, 0.6) is 0 Å². The fourth-order valence-corrected chi connectivity index (χ4v) is 9.88. The molecule has 4 bridgehead atoms. The first kappa shape index (κ1) is 48.3.